The molecule has 0 saturated heterocycles. The van der Waals surface area contributed by atoms with Crippen molar-refractivity contribution >= 4 is 10.0 Å². The van der Waals surface area contributed by atoms with Crippen LogP contribution in [0.15, 0.2) is 23.4 Å². The lowest BCUT2D eigenvalue weighted by Crippen LogP contribution is -2.33. The van der Waals surface area contributed by atoms with Gasteiger partial charge in [-0.25, -0.2) is 18.1 Å². The number of aliphatic hydroxyl groups is 1. The van der Waals surface area contributed by atoms with Crippen LogP contribution in [0.1, 0.15) is 31.2 Å². The highest BCUT2D eigenvalue weighted by atomic mass is 32.2. The lowest BCUT2D eigenvalue weighted by molar-refractivity contribution is 0.281. The van der Waals surface area contributed by atoms with Gasteiger partial charge in [-0.1, -0.05) is 18.9 Å². The molecule has 0 aromatic carbocycles. The van der Waals surface area contributed by atoms with E-state index in [0.717, 1.165) is 25.7 Å². The summed E-state index contributed by atoms with van der Waals surface area (Å²) in [6, 6.07) is 3.03. The molecule has 1 aromatic rings. The van der Waals surface area contributed by atoms with Crippen molar-refractivity contribution in [2.75, 3.05) is 0 Å². The van der Waals surface area contributed by atoms with E-state index in [0.29, 0.717) is 5.56 Å². The largest absolute Gasteiger partial charge is 0.392 e. The first-order chi connectivity index (χ1) is 8.12. The molecular weight excluding hydrogens is 240 g/mol. The minimum Gasteiger partial charge on any atom is -0.392 e. The Hall–Kier alpha value is -0.980. The second-order valence-corrected chi connectivity index (χ2v) is 5.93. The van der Waals surface area contributed by atoms with Crippen LogP contribution in [-0.4, -0.2) is 24.6 Å². The third-order valence-corrected chi connectivity index (χ3v) is 4.37. The molecule has 0 spiro atoms. The average molecular weight is 256 g/mol. The van der Waals surface area contributed by atoms with Crippen LogP contribution in [0.25, 0.3) is 0 Å². The summed E-state index contributed by atoms with van der Waals surface area (Å²) in [4.78, 5) is 3.85. The highest BCUT2D eigenvalue weighted by Crippen LogP contribution is 2.19. The maximum atomic E-state index is 12.0. The van der Waals surface area contributed by atoms with Crippen molar-refractivity contribution in [2.45, 2.75) is 43.4 Å². The van der Waals surface area contributed by atoms with Crippen molar-refractivity contribution in [3.05, 3.63) is 23.9 Å². The third kappa shape index (κ3) is 3.02. The standard InChI is InChI=1S/C11H16N2O3S/c14-8-9-5-6-11(12-7-9)17(15,16)13-10-3-1-2-4-10/h5-7,10,13-14H,1-4,8H2. The average Bonchev–Trinajstić information content (AvgIpc) is 2.81. The Labute approximate surface area is 101 Å². The molecule has 0 unspecified atom stereocenters. The van der Waals surface area contributed by atoms with Gasteiger partial charge in [-0.2, -0.15) is 0 Å². The van der Waals surface area contributed by atoms with Crippen LogP contribution >= 0.6 is 0 Å². The highest BCUT2D eigenvalue weighted by molar-refractivity contribution is 7.89. The van der Waals surface area contributed by atoms with Crippen LogP contribution in [0.2, 0.25) is 0 Å². The molecule has 0 bridgehead atoms. The second-order valence-electron chi connectivity index (χ2n) is 4.27. The Bertz CT molecular complexity index is 464. The van der Waals surface area contributed by atoms with Gasteiger partial charge in [-0.05, 0) is 24.5 Å². The van der Waals surface area contributed by atoms with E-state index >= 15 is 0 Å². The van der Waals surface area contributed by atoms with E-state index in [1.54, 1.807) is 6.07 Å². The number of aliphatic hydroxyl groups excluding tert-OH is 1. The predicted molar refractivity (Wildman–Crippen MR) is 62.7 cm³/mol. The number of hydrogen-bond donors (Lipinski definition) is 2. The van der Waals surface area contributed by atoms with E-state index in [1.807, 2.05) is 0 Å². The Kier molecular flexibility index (Phi) is 3.76. The zero-order chi connectivity index (χ0) is 12.3. The molecule has 2 N–H and O–H groups in total. The van der Waals surface area contributed by atoms with Crippen LogP contribution < -0.4 is 4.72 Å². The smallest absolute Gasteiger partial charge is 0.258 e. The molecule has 1 fully saturated rings. The first-order valence-corrected chi connectivity index (χ1v) is 7.18. The van der Waals surface area contributed by atoms with E-state index in [9.17, 15) is 8.42 Å². The van der Waals surface area contributed by atoms with Gasteiger partial charge in [0.05, 0.1) is 6.61 Å². The number of aromatic nitrogens is 1. The Morgan fingerprint density at radius 3 is 2.59 bits per heavy atom. The Morgan fingerprint density at radius 2 is 2.06 bits per heavy atom. The normalized spacial score (nSPS) is 17.5. The molecule has 2 rings (SSSR count). The summed E-state index contributed by atoms with van der Waals surface area (Å²) < 4.78 is 26.6. The van der Waals surface area contributed by atoms with Crippen molar-refractivity contribution < 1.29 is 13.5 Å². The van der Waals surface area contributed by atoms with Crippen LogP contribution in [0.3, 0.4) is 0 Å². The van der Waals surface area contributed by atoms with Gasteiger partial charge >= 0.3 is 0 Å². The Morgan fingerprint density at radius 1 is 1.35 bits per heavy atom. The van der Waals surface area contributed by atoms with Crippen LogP contribution in [-0.2, 0) is 16.6 Å². The SMILES string of the molecule is O=S(=O)(NC1CCCC1)c1ccc(CO)cn1. The fraction of sp³-hybridized carbons (Fsp3) is 0.545. The number of rotatable bonds is 4. The molecule has 0 radical (unpaired) electrons. The summed E-state index contributed by atoms with van der Waals surface area (Å²) in [5.74, 6) is 0. The van der Waals surface area contributed by atoms with Gasteiger partial charge in [0, 0.05) is 12.2 Å². The zero-order valence-corrected chi connectivity index (χ0v) is 10.3. The van der Waals surface area contributed by atoms with Gasteiger partial charge in [0.2, 0.25) is 0 Å². The van der Waals surface area contributed by atoms with Gasteiger partial charge in [0.15, 0.2) is 5.03 Å². The molecule has 0 aliphatic heterocycles. The molecule has 0 atom stereocenters. The van der Waals surface area contributed by atoms with Crippen molar-refractivity contribution in [2.24, 2.45) is 0 Å². The summed E-state index contributed by atoms with van der Waals surface area (Å²) in [5.41, 5.74) is 0.602. The van der Waals surface area contributed by atoms with Crippen LogP contribution in [0.4, 0.5) is 0 Å². The number of pyridine rings is 1. The fourth-order valence-electron chi connectivity index (χ4n) is 1.99. The van der Waals surface area contributed by atoms with Gasteiger partial charge in [0.1, 0.15) is 0 Å². The molecule has 17 heavy (non-hydrogen) atoms. The number of sulfonamides is 1. The minimum atomic E-state index is -3.51. The first kappa shape index (κ1) is 12.5. The molecule has 1 aliphatic rings. The molecule has 5 nitrogen and oxygen atoms in total. The monoisotopic (exact) mass is 256 g/mol. The number of hydrogen-bond acceptors (Lipinski definition) is 4. The molecule has 94 valence electrons. The summed E-state index contributed by atoms with van der Waals surface area (Å²) >= 11 is 0. The maximum Gasteiger partial charge on any atom is 0.258 e. The van der Waals surface area contributed by atoms with E-state index in [4.69, 9.17) is 5.11 Å². The summed E-state index contributed by atoms with van der Waals surface area (Å²) in [7, 11) is -3.51. The molecule has 1 saturated carbocycles. The summed E-state index contributed by atoms with van der Waals surface area (Å²) in [5, 5.41) is 8.87. The van der Waals surface area contributed by atoms with Crippen molar-refractivity contribution in [3.8, 4) is 0 Å². The quantitative estimate of drug-likeness (QED) is 0.835. The predicted octanol–water partition coefficient (Wildman–Crippen LogP) is 0.795. The van der Waals surface area contributed by atoms with E-state index < -0.39 is 10.0 Å². The van der Waals surface area contributed by atoms with Crippen molar-refractivity contribution in [3.63, 3.8) is 0 Å². The summed E-state index contributed by atoms with van der Waals surface area (Å²) in [6.45, 7) is -0.136. The third-order valence-electron chi connectivity index (χ3n) is 2.93. The maximum absolute atomic E-state index is 12.0. The summed E-state index contributed by atoms with van der Waals surface area (Å²) in [6.07, 6.45) is 5.32. The first-order valence-electron chi connectivity index (χ1n) is 5.70. The van der Waals surface area contributed by atoms with Crippen molar-refractivity contribution in [1.82, 2.24) is 9.71 Å². The molecule has 1 heterocycles. The molecular formula is C11H16N2O3S. The number of nitrogens with zero attached hydrogens (tertiary/aromatic N) is 1. The highest BCUT2D eigenvalue weighted by Gasteiger charge is 2.23. The zero-order valence-electron chi connectivity index (χ0n) is 9.46. The molecule has 1 aromatic heterocycles. The van der Waals surface area contributed by atoms with Crippen LogP contribution in [0, 0.1) is 0 Å². The van der Waals surface area contributed by atoms with Gasteiger partial charge in [-0.3, -0.25) is 0 Å². The van der Waals surface area contributed by atoms with Crippen molar-refractivity contribution in [1.29, 1.82) is 0 Å². The number of nitrogens with one attached hydrogen (secondary N) is 1. The lowest BCUT2D eigenvalue weighted by atomic mass is 10.3. The fourth-order valence-corrected chi connectivity index (χ4v) is 3.22. The van der Waals surface area contributed by atoms with Gasteiger partial charge in [0.25, 0.3) is 10.0 Å². The van der Waals surface area contributed by atoms with Gasteiger partial charge < -0.3 is 5.11 Å². The Balaban J connectivity index is 2.12. The second kappa shape index (κ2) is 5.12. The van der Waals surface area contributed by atoms with E-state index in [2.05, 4.69) is 9.71 Å². The molecule has 6 heteroatoms. The van der Waals surface area contributed by atoms with E-state index in [-0.39, 0.29) is 17.7 Å². The lowest BCUT2D eigenvalue weighted by Gasteiger charge is -2.11. The molecule has 1 aliphatic carbocycles. The molecule has 0 amide bonds. The van der Waals surface area contributed by atoms with E-state index in [1.165, 1.54) is 12.3 Å². The minimum absolute atomic E-state index is 0.0154. The topological polar surface area (TPSA) is 79.3 Å². The van der Waals surface area contributed by atoms with Crippen LogP contribution in [0.5, 0.6) is 0 Å². The van der Waals surface area contributed by atoms with Gasteiger partial charge in [-0.15, -0.1) is 0 Å².